The summed E-state index contributed by atoms with van der Waals surface area (Å²) in [7, 11) is -3.05. The van der Waals surface area contributed by atoms with Crippen molar-refractivity contribution in [1.82, 2.24) is 0 Å². The van der Waals surface area contributed by atoms with Crippen LogP contribution in [-0.4, -0.2) is 54.8 Å². The van der Waals surface area contributed by atoms with Gasteiger partial charge >= 0.3 is 0 Å². The van der Waals surface area contributed by atoms with Crippen molar-refractivity contribution in [3.05, 3.63) is 162 Å². The van der Waals surface area contributed by atoms with Gasteiger partial charge in [-0.2, -0.15) is 0 Å². The molecule has 2 aliphatic rings. The fourth-order valence-electron chi connectivity index (χ4n) is 9.13. The Hall–Kier alpha value is -5.58. The van der Waals surface area contributed by atoms with Crippen molar-refractivity contribution < 1.29 is 29.3 Å². The highest BCUT2D eigenvalue weighted by Gasteiger charge is 2.56. The van der Waals surface area contributed by atoms with E-state index in [-0.39, 0.29) is 35.6 Å². The molecule has 8 nitrogen and oxygen atoms in total. The highest BCUT2D eigenvalue weighted by molar-refractivity contribution is 6.99. The molecule has 0 radical (unpaired) electrons. The minimum absolute atomic E-state index is 0.128. The number of hydrogen-bond donors (Lipinski definition) is 4. The van der Waals surface area contributed by atoms with Crippen LogP contribution in [0.2, 0.25) is 5.04 Å². The minimum Gasteiger partial charge on any atom is -0.508 e. The molecule has 2 amide bonds. The first-order valence-corrected chi connectivity index (χ1v) is 22.3. The number of hydrogen-bond acceptors (Lipinski definition) is 7. The SMILES string of the molecule is C/C(=C\c1ccc(O)cc1)CC[C@@H](O)C1=C(CO[Si](c2ccccc2)(c2ccccc2)C(C)(C)C)C[C@H]2C(=O)N(c3ccc(Nc4ccccc4)cc3)C(=O)[C@H]2[C@H]1CO. The predicted octanol–water partition coefficient (Wildman–Crippen LogP) is 8.37. The number of nitrogens with zero attached hydrogens (tertiary/aromatic N) is 1. The van der Waals surface area contributed by atoms with Crippen molar-refractivity contribution >= 4 is 53.6 Å². The van der Waals surface area contributed by atoms with Crippen LogP contribution in [0.4, 0.5) is 17.1 Å². The summed E-state index contributed by atoms with van der Waals surface area (Å²) in [4.78, 5) is 30.3. The van der Waals surface area contributed by atoms with E-state index in [9.17, 15) is 24.9 Å². The van der Waals surface area contributed by atoms with Gasteiger partial charge in [-0.05, 0) is 107 Å². The molecule has 4 N–H and O–H groups in total. The highest BCUT2D eigenvalue weighted by Crippen LogP contribution is 2.48. The molecular formula is C50H54N2O6Si. The van der Waals surface area contributed by atoms with Gasteiger partial charge in [-0.3, -0.25) is 14.5 Å². The Morgan fingerprint density at radius 3 is 1.93 bits per heavy atom. The topological polar surface area (TPSA) is 119 Å². The summed E-state index contributed by atoms with van der Waals surface area (Å²) >= 11 is 0. The monoisotopic (exact) mass is 806 g/mol. The van der Waals surface area contributed by atoms with Crippen molar-refractivity contribution in [2.24, 2.45) is 17.8 Å². The fourth-order valence-corrected chi connectivity index (χ4v) is 13.7. The van der Waals surface area contributed by atoms with E-state index in [0.717, 1.165) is 38.5 Å². The molecule has 0 saturated carbocycles. The van der Waals surface area contributed by atoms with Crippen LogP contribution >= 0.6 is 0 Å². The van der Waals surface area contributed by atoms with Crippen LogP contribution in [0, 0.1) is 17.8 Å². The summed E-state index contributed by atoms with van der Waals surface area (Å²) in [6.45, 7) is 8.33. The third-order valence-corrected chi connectivity index (χ3v) is 16.9. The number of imide groups is 1. The number of carbonyl (C=O) groups is 2. The number of aliphatic hydroxyl groups is 2. The molecule has 5 aromatic carbocycles. The lowest BCUT2D eigenvalue weighted by molar-refractivity contribution is -0.123. The second-order valence-electron chi connectivity index (χ2n) is 16.8. The van der Waals surface area contributed by atoms with Crippen LogP contribution in [0.25, 0.3) is 6.08 Å². The zero-order chi connectivity index (χ0) is 41.7. The van der Waals surface area contributed by atoms with E-state index in [0.29, 0.717) is 24.1 Å². The number of para-hydroxylation sites is 1. The van der Waals surface area contributed by atoms with E-state index < -0.39 is 38.8 Å². The molecular weight excluding hydrogens is 753 g/mol. The van der Waals surface area contributed by atoms with E-state index >= 15 is 0 Å². The number of allylic oxidation sites excluding steroid dienone is 1. The minimum atomic E-state index is -3.05. The number of anilines is 3. The van der Waals surface area contributed by atoms with E-state index in [1.54, 1.807) is 24.3 Å². The first-order chi connectivity index (χ1) is 28.4. The molecule has 7 rings (SSSR count). The molecule has 5 aromatic rings. The molecule has 304 valence electrons. The number of aromatic hydroxyl groups is 1. The first-order valence-electron chi connectivity index (χ1n) is 20.4. The number of phenolic OH excluding ortho intramolecular Hbond substituents is 1. The third-order valence-electron chi connectivity index (χ3n) is 11.9. The van der Waals surface area contributed by atoms with Crippen LogP contribution < -0.4 is 20.6 Å². The smallest absolute Gasteiger partial charge is 0.261 e. The number of phenols is 1. The largest absolute Gasteiger partial charge is 0.508 e. The van der Waals surface area contributed by atoms with Crippen LogP contribution in [0.3, 0.4) is 0 Å². The molecule has 1 aliphatic carbocycles. The Balaban J connectivity index is 1.25. The lowest BCUT2D eigenvalue weighted by atomic mass is 9.68. The molecule has 0 bridgehead atoms. The summed E-state index contributed by atoms with van der Waals surface area (Å²) in [5, 5.41) is 38.4. The predicted molar refractivity (Wildman–Crippen MR) is 238 cm³/mol. The molecule has 1 aliphatic heterocycles. The van der Waals surface area contributed by atoms with Gasteiger partial charge in [0.1, 0.15) is 5.75 Å². The Kier molecular flexibility index (Phi) is 12.5. The standard InChI is InChI=1S/C50H54N2O6Si/c1-34(30-35-21-27-40(54)28-22-35)20-29-45(55)46-36(33-58-59(50(2,3)4,41-16-10-6-11-17-41)42-18-12-7-13-19-42)31-43-47(44(46)32-53)49(57)52(48(43)56)39-25-23-38(24-26-39)51-37-14-8-5-9-15-37/h5-19,21-28,30,43-45,47,51,53-55H,20,29,31-33H2,1-4H3/b34-30+/t43-,44+,45-,47-/m1/s1. The quantitative estimate of drug-likeness (QED) is 0.0506. The normalized spacial score (nSPS) is 19.2. The molecule has 9 heteroatoms. The first kappa shape index (κ1) is 41.6. The van der Waals surface area contributed by atoms with Gasteiger partial charge < -0.3 is 25.1 Å². The van der Waals surface area contributed by atoms with Crippen molar-refractivity contribution in [3.8, 4) is 5.75 Å². The van der Waals surface area contributed by atoms with Gasteiger partial charge in [-0.25, -0.2) is 0 Å². The number of rotatable bonds is 14. The lowest BCUT2D eigenvalue weighted by Crippen LogP contribution is -2.66. The highest BCUT2D eigenvalue weighted by atomic mass is 28.4. The maximum Gasteiger partial charge on any atom is 0.261 e. The number of nitrogens with one attached hydrogen (secondary N) is 1. The zero-order valence-corrected chi connectivity index (χ0v) is 35.2. The second-order valence-corrected chi connectivity index (χ2v) is 21.1. The molecule has 59 heavy (non-hydrogen) atoms. The Morgan fingerprint density at radius 1 is 0.814 bits per heavy atom. The lowest BCUT2D eigenvalue weighted by Gasteiger charge is -2.44. The summed E-state index contributed by atoms with van der Waals surface area (Å²) in [5.74, 6) is -2.86. The molecule has 0 unspecified atom stereocenters. The van der Waals surface area contributed by atoms with Crippen LogP contribution in [-0.2, 0) is 14.0 Å². The zero-order valence-electron chi connectivity index (χ0n) is 34.2. The number of amides is 2. The number of carbonyl (C=O) groups excluding carboxylic acids is 2. The summed E-state index contributed by atoms with van der Waals surface area (Å²) < 4.78 is 7.42. The van der Waals surface area contributed by atoms with Crippen LogP contribution in [0.5, 0.6) is 5.75 Å². The second kappa shape index (κ2) is 17.7. The molecule has 4 atom stereocenters. The maximum atomic E-state index is 14.5. The van der Waals surface area contributed by atoms with E-state index in [1.807, 2.05) is 104 Å². The van der Waals surface area contributed by atoms with Gasteiger partial charge in [0.25, 0.3) is 8.32 Å². The molecule has 1 saturated heterocycles. The molecule has 0 spiro atoms. The molecule has 1 heterocycles. The van der Waals surface area contributed by atoms with Gasteiger partial charge in [0.2, 0.25) is 11.8 Å². The van der Waals surface area contributed by atoms with Crippen molar-refractivity contribution in [2.45, 2.75) is 58.1 Å². The fraction of sp³-hybridized carbons (Fsp3) is 0.280. The number of aliphatic hydroxyl groups excluding tert-OH is 2. The average molecular weight is 807 g/mol. The average Bonchev–Trinajstić information content (AvgIpc) is 3.49. The van der Waals surface area contributed by atoms with E-state index in [2.05, 4.69) is 50.4 Å². The van der Waals surface area contributed by atoms with Crippen molar-refractivity contribution in [3.63, 3.8) is 0 Å². The number of benzene rings is 5. The summed E-state index contributed by atoms with van der Waals surface area (Å²) in [6, 6.07) is 44.6. The van der Waals surface area contributed by atoms with Crippen LogP contribution in [0.15, 0.2) is 156 Å². The van der Waals surface area contributed by atoms with Gasteiger partial charge in [0, 0.05) is 17.3 Å². The molecule has 0 aromatic heterocycles. The van der Waals surface area contributed by atoms with Crippen molar-refractivity contribution in [2.75, 3.05) is 23.4 Å². The van der Waals surface area contributed by atoms with Gasteiger partial charge in [0.15, 0.2) is 0 Å². The van der Waals surface area contributed by atoms with Crippen LogP contribution in [0.1, 0.15) is 52.5 Å². The maximum absolute atomic E-state index is 14.5. The van der Waals surface area contributed by atoms with Gasteiger partial charge in [-0.1, -0.05) is 123 Å². The van der Waals surface area contributed by atoms with Gasteiger partial charge in [-0.15, -0.1) is 0 Å². The Morgan fingerprint density at radius 2 is 1.37 bits per heavy atom. The van der Waals surface area contributed by atoms with Crippen molar-refractivity contribution in [1.29, 1.82) is 0 Å². The number of fused-ring (bicyclic) bond motifs is 1. The molecule has 1 fully saturated rings. The Bertz CT molecular complexity index is 2250. The Labute approximate surface area is 348 Å². The third kappa shape index (κ3) is 8.61. The van der Waals surface area contributed by atoms with E-state index in [1.165, 1.54) is 4.90 Å². The summed E-state index contributed by atoms with van der Waals surface area (Å²) in [5.41, 5.74) is 5.51. The summed E-state index contributed by atoms with van der Waals surface area (Å²) in [6.07, 6.45) is 2.13. The van der Waals surface area contributed by atoms with Gasteiger partial charge in [0.05, 0.1) is 36.8 Å². The van der Waals surface area contributed by atoms with E-state index in [4.69, 9.17) is 4.43 Å².